The van der Waals surface area contributed by atoms with Gasteiger partial charge in [-0.05, 0) is 43.2 Å². The highest BCUT2D eigenvalue weighted by atomic mass is 35.5. The third kappa shape index (κ3) is 2.89. The Morgan fingerprint density at radius 1 is 1.29 bits per heavy atom. The maximum absolute atomic E-state index is 8.50. The minimum Gasteiger partial charge on any atom is -0.411 e. The van der Waals surface area contributed by atoms with Crippen molar-refractivity contribution in [2.75, 3.05) is 0 Å². The molecule has 0 atom stereocenters. The molecular weight excluding hydrogens is 198 g/mol. The molecule has 0 aliphatic heterocycles. The van der Waals surface area contributed by atoms with Crippen LogP contribution in [0.4, 0.5) is 0 Å². The number of oxime groups is 1. The van der Waals surface area contributed by atoms with Crippen molar-refractivity contribution in [1.29, 1.82) is 0 Å². The zero-order valence-electron chi connectivity index (χ0n) is 8.16. The van der Waals surface area contributed by atoms with Crippen LogP contribution in [0.25, 0.3) is 5.57 Å². The predicted molar refractivity (Wildman–Crippen MR) is 60.0 cm³/mol. The zero-order valence-corrected chi connectivity index (χ0v) is 8.92. The van der Waals surface area contributed by atoms with E-state index in [1.165, 1.54) is 0 Å². The molecule has 0 saturated carbocycles. The van der Waals surface area contributed by atoms with Crippen LogP contribution in [0, 0.1) is 0 Å². The average Bonchev–Trinajstić information content (AvgIpc) is 2.18. The molecule has 1 N–H and O–H groups in total. The van der Waals surface area contributed by atoms with Gasteiger partial charge in [-0.2, -0.15) is 0 Å². The van der Waals surface area contributed by atoms with E-state index in [9.17, 15) is 0 Å². The molecule has 74 valence electrons. The lowest BCUT2D eigenvalue weighted by Gasteiger charge is -2.00. The third-order valence-corrected chi connectivity index (χ3v) is 2.13. The first kappa shape index (κ1) is 10.8. The predicted octanol–water partition coefficient (Wildman–Crippen LogP) is 3.59. The summed E-state index contributed by atoms with van der Waals surface area (Å²) in [5.74, 6) is 0. The second-order valence-electron chi connectivity index (χ2n) is 3.08. The zero-order chi connectivity index (χ0) is 10.6. The average molecular weight is 210 g/mol. The maximum atomic E-state index is 8.50. The van der Waals surface area contributed by atoms with E-state index >= 15 is 0 Å². The van der Waals surface area contributed by atoms with Gasteiger partial charge in [-0.25, -0.2) is 0 Å². The molecule has 0 fully saturated rings. The number of allylic oxidation sites excluding steroid dienone is 2. The Bertz CT molecular complexity index is 365. The van der Waals surface area contributed by atoms with Gasteiger partial charge in [0.15, 0.2) is 0 Å². The molecule has 0 aromatic heterocycles. The Kier molecular flexibility index (Phi) is 3.72. The summed E-state index contributed by atoms with van der Waals surface area (Å²) >= 11 is 5.77. The number of rotatable bonds is 2. The summed E-state index contributed by atoms with van der Waals surface area (Å²) in [5.41, 5.74) is 2.69. The summed E-state index contributed by atoms with van der Waals surface area (Å²) in [6.45, 7) is 3.69. The molecule has 3 heteroatoms. The summed E-state index contributed by atoms with van der Waals surface area (Å²) in [6.07, 6.45) is 1.81. The summed E-state index contributed by atoms with van der Waals surface area (Å²) in [5, 5.41) is 12.3. The van der Waals surface area contributed by atoms with Crippen LogP contribution in [0.2, 0.25) is 5.02 Å². The molecule has 0 heterocycles. The van der Waals surface area contributed by atoms with E-state index in [4.69, 9.17) is 16.8 Å². The molecule has 1 rings (SSSR count). The normalized spacial score (nSPS) is 13.1. The SMILES string of the molecule is C/C(=C\C(C)=N\O)c1ccc(Cl)cc1. The molecule has 0 aliphatic carbocycles. The molecule has 2 nitrogen and oxygen atoms in total. The second kappa shape index (κ2) is 4.82. The standard InChI is InChI=1S/C11H12ClNO/c1-8(7-9(2)13-14)10-3-5-11(12)6-4-10/h3-7,14H,1-2H3/b8-7+,13-9+. The minimum atomic E-state index is 0.581. The summed E-state index contributed by atoms with van der Waals surface area (Å²) < 4.78 is 0. The second-order valence-corrected chi connectivity index (χ2v) is 3.51. The van der Waals surface area contributed by atoms with Gasteiger partial charge >= 0.3 is 0 Å². The maximum Gasteiger partial charge on any atom is 0.0767 e. The molecule has 1 aromatic rings. The van der Waals surface area contributed by atoms with Gasteiger partial charge in [-0.15, -0.1) is 0 Å². The lowest BCUT2D eigenvalue weighted by atomic mass is 10.1. The van der Waals surface area contributed by atoms with Crippen LogP contribution in [0.3, 0.4) is 0 Å². The molecule has 0 unspecified atom stereocenters. The largest absolute Gasteiger partial charge is 0.411 e. The lowest BCUT2D eigenvalue weighted by molar-refractivity contribution is 0.319. The van der Waals surface area contributed by atoms with Crippen LogP contribution in [-0.2, 0) is 0 Å². The summed E-state index contributed by atoms with van der Waals surface area (Å²) in [4.78, 5) is 0. The number of halogens is 1. The molecule has 14 heavy (non-hydrogen) atoms. The van der Waals surface area contributed by atoms with Crippen LogP contribution >= 0.6 is 11.6 Å². The van der Waals surface area contributed by atoms with Crippen LogP contribution in [0.1, 0.15) is 19.4 Å². The smallest absolute Gasteiger partial charge is 0.0767 e. The Labute approximate surface area is 88.5 Å². The van der Waals surface area contributed by atoms with Crippen molar-refractivity contribution in [1.82, 2.24) is 0 Å². The molecule has 0 aliphatic rings. The molecule has 0 saturated heterocycles. The fraction of sp³-hybridized carbons (Fsp3) is 0.182. The monoisotopic (exact) mass is 209 g/mol. The summed E-state index contributed by atoms with van der Waals surface area (Å²) in [7, 11) is 0. The van der Waals surface area contributed by atoms with Crippen molar-refractivity contribution in [2.24, 2.45) is 5.16 Å². The quantitative estimate of drug-likeness (QED) is 0.451. The van der Waals surface area contributed by atoms with E-state index in [0.717, 1.165) is 11.1 Å². The Balaban J connectivity index is 2.95. The van der Waals surface area contributed by atoms with E-state index in [-0.39, 0.29) is 0 Å². The van der Waals surface area contributed by atoms with Gasteiger partial charge in [0, 0.05) is 5.02 Å². The van der Waals surface area contributed by atoms with Crippen molar-refractivity contribution in [3.05, 3.63) is 40.9 Å². The molecule has 0 radical (unpaired) electrons. The van der Waals surface area contributed by atoms with Gasteiger partial charge in [0.05, 0.1) is 5.71 Å². The highest BCUT2D eigenvalue weighted by Gasteiger charge is 1.96. The van der Waals surface area contributed by atoms with Crippen LogP contribution in [0.5, 0.6) is 0 Å². The first-order chi connectivity index (χ1) is 6.63. The van der Waals surface area contributed by atoms with E-state index in [1.54, 1.807) is 6.92 Å². The van der Waals surface area contributed by atoms with Crippen molar-refractivity contribution in [3.63, 3.8) is 0 Å². The highest BCUT2D eigenvalue weighted by molar-refractivity contribution is 6.30. The molecule has 1 aromatic carbocycles. The van der Waals surface area contributed by atoms with Crippen molar-refractivity contribution >= 4 is 22.9 Å². The van der Waals surface area contributed by atoms with Crippen LogP contribution in [-0.4, -0.2) is 10.9 Å². The number of hydrogen-bond donors (Lipinski definition) is 1. The fourth-order valence-corrected chi connectivity index (χ4v) is 1.26. The Hall–Kier alpha value is -1.28. The lowest BCUT2D eigenvalue weighted by Crippen LogP contribution is -1.87. The van der Waals surface area contributed by atoms with Gasteiger partial charge in [0.1, 0.15) is 0 Å². The Morgan fingerprint density at radius 3 is 2.36 bits per heavy atom. The van der Waals surface area contributed by atoms with Crippen molar-refractivity contribution < 1.29 is 5.21 Å². The number of hydrogen-bond acceptors (Lipinski definition) is 2. The third-order valence-electron chi connectivity index (χ3n) is 1.88. The van der Waals surface area contributed by atoms with Crippen LogP contribution in [0.15, 0.2) is 35.5 Å². The van der Waals surface area contributed by atoms with E-state index in [0.29, 0.717) is 10.7 Å². The number of benzene rings is 1. The van der Waals surface area contributed by atoms with E-state index < -0.39 is 0 Å². The van der Waals surface area contributed by atoms with E-state index in [2.05, 4.69) is 5.16 Å². The van der Waals surface area contributed by atoms with E-state index in [1.807, 2.05) is 37.3 Å². The molecule has 0 spiro atoms. The van der Waals surface area contributed by atoms with Crippen LogP contribution < -0.4 is 0 Å². The van der Waals surface area contributed by atoms with Crippen molar-refractivity contribution in [3.8, 4) is 0 Å². The van der Waals surface area contributed by atoms with Gasteiger partial charge < -0.3 is 5.21 Å². The van der Waals surface area contributed by atoms with Gasteiger partial charge in [-0.1, -0.05) is 28.9 Å². The van der Waals surface area contributed by atoms with Gasteiger partial charge in [-0.3, -0.25) is 0 Å². The van der Waals surface area contributed by atoms with Crippen molar-refractivity contribution in [2.45, 2.75) is 13.8 Å². The van der Waals surface area contributed by atoms with Gasteiger partial charge in [0.25, 0.3) is 0 Å². The molecular formula is C11H12ClNO. The molecule has 0 amide bonds. The Morgan fingerprint density at radius 2 is 1.86 bits per heavy atom. The minimum absolute atomic E-state index is 0.581. The first-order valence-corrected chi connectivity index (χ1v) is 4.64. The highest BCUT2D eigenvalue weighted by Crippen LogP contribution is 2.16. The van der Waals surface area contributed by atoms with Gasteiger partial charge in [0.2, 0.25) is 0 Å². The topological polar surface area (TPSA) is 32.6 Å². The number of nitrogens with zero attached hydrogens (tertiary/aromatic N) is 1. The molecule has 0 bridgehead atoms. The fourth-order valence-electron chi connectivity index (χ4n) is 1.14. The summed E-state index contributed by atoms with van der Waals surface area (Å²) in [6, 6.07) is 7.52. The first-order valence-electron chi connectivity index (χ1n) is 4.26.